The summed E-state index contributed by atoms with van der Waals surface area (Å²) in [6, 6.07) is 67.4. The molecule has 7 aromatic carbocycles. The number of rotatable bonds is 9. The molecule has 2 aromatic heterocycles. The second-order valence-corrected chi connectivity index (χ2v) is 18.7. The Morgan fingerprint density at radius 1 is 0.531 bits per heavy atom. The molecule has 0 bridgehead atoms. The van der Waals surface area contributed by atoms with E-state index in [2.05, 4.69) is 239 Å². The Balaban J connectivity index is 0.00000518. The molecule has 6 heteroatoms. The maximum Gasteiger partial charge on any atom is 0.135 e. The van der Waals surface area contributed by atoms with Crippen LogP contribution in [0.15, 0.2) is 176 Å². The van der Waals surface area contributed by atoms with Crippen molar-refractivity contribution in [1.82, 2.24) is 9.55 Å². The molecular weight excluding hydrogens is 964 g/mol. The van der Waals surface area contributed by atoms with Crippen LogP contribution in [0.1, 0.15) is 76.3 Å². The zero-order valence-corrected chi connectivity index (χ0v) is 39.6. The van der Waals surface area contributed by atoms with E-state index in [0.717, 1.165) is 55.9 Å². The molecule has 322 valence electrons. The molecule has 64 heavy (non-hydrogen) atoms. The van der Waals surface area contributed by atoms with Gasteiger partial charge in [-0.3, -0.25) is 0 Å². The number of anilines is 4. The second kappa shape index (κ2) is 16.6. The Bertz CT molecular complexity index is 3130. The van der Waals surface area contributed by atoms with Crippen LogP contribution in [-0.2, 0) is 37.3 Å². The van der Waals surface area contributed by atoms with Gasteiger partial charge in [-0.15, -0.1) is 48.3 Å². The molecular formula is C58H51N4OPt-3. The van der Waals surface area contributed by atoms with Crippen molar-refractivity contribution >= 4 is 44.6 Å². The molecule has 0 amide bonds. The van der Waals surface area contributed by atoms with Gasteiger partial charge in [0.1, 0.15) is 5.82 Å². The van der Waals surface area contributed by atoms with Crippen molar-refractivity contribution in [2.24, 2.45) is 0 Å². The van der Waals surface area contributed by atoms with Gasteiger partial charge in [-0.25, -0.2) is 4.98 Å². The predicted octanol–water partition coefficient (Wildman–Crippen LogP) is 14.9. The summed E-state index contributed by atoms with van der Waals surface area (Å²) in [6.07, 6.45) is 1.92. The molecule has 9 aromatic rings. The van der Waals surface area contributed by atoms with Gasteiger partial charge < -0.3 is 19.1 Å². The van der Waals surface area contributed by atoms with E-state index in [1.807, 2.05) is 18.3 Å². The van der Waals surface area contributed by atoms with Crippen LogP contribution in [0.4, 0.5) is 22.7 Å². The Morgan fingerprint density at radius 2 is 1.16 bits per heavy atom. The maximum absolute atomic E-state index is 6.92. The van der Waals surface area contributed by atoms with E-state index in [0.29, 0.717) is 11.5 Å². The minimum absolute atomic E-state index is 0. The van der Waals surface area contributed by atoms with Crippen LogP contribution in [0, 0.1) is 18.8 Å². The van der Waals surface area contributed by atoms with Crippen molar-refractivity contribution in [2.75, 3.05) is 9.80 Å². The van der Waals surface area contributed by atoms with Crippen molar-refractivity contribution < 1.29 is 25.8 Å². The first-order chi connectivity index (χ1) is 30.4. The van der Waals surface area contributed by atoms with Crippen LogP contribution in [-0.4, -0.2) is 9.55 Å². The molecule has 3 heterocycles. The summed E-state index contributed by atoms with van der Waals surface area (Å²) < 4.78 is 9.17. The Morgan fingerprint density at radius 3 is 1.88 bits per heavy atom. The van der Waals surface area contributed by atoms with E-state index in [1.165, 1.54) is 22.3 Å². The number of pyridine rings is 1. The number of aromatic nitrogens is 2. The number of ether oxygens (including phenoxy) is 1. The number of hydrogen-bond acceptors (Lipinski definition) is 4. The van der Waals surface area contributed by atoms with Gasteiger partial charge in [-0.2, -0.15) is 6.07 Å². The molecule has 0 spiro atoms. The number of benzene rings is 7. The van der Waals surface area contributed by atoms with E-state index in [9.17, 15) is 0 Å². The molecule has 0 saturated carbocycles. The number of hydrogen-bond donors (Lipinski definition) is 0. The van der Waals surface area contributed by atoms with Crippen molar-refractivity contribution in [3.63, 3.8) is 0 Å². The van der Waals surface area contributed by atoms with Crippen molar-refractivity contribution in [3.05, 3.63) is 223 Å². The average Bonchev–Trinajstić information content (AvgIpc) is 3.86. The quantitative estimate of drug-likeness (QED) is 0.135. The van der Waals surface area contributed by atoms with Crippen LogP contribution >= 0.6 is 0 Å². The van der Waals surface area contributed by atoms with E-state index < -0.39 is 0 Å². The molecule has 0 radical (unpaired) electrons. The van der Waals surface area contributed by atoms with E-state index >= 15 is 0 Å². The first kappa shape index (κ1) is 42.9. The van der Waals surface area contributed by atoms with Gasteiger partial charge in [0, 0.05) is 66.8 Å². The normalized spacial score (nSPS) is 13.0. The third-order valence-electron chi connectivity index (χ3n) is 12.9. The van der Waals surface area contributed by atoms with Gasteiger partial charge >= 0.3 is 0 Å². The molecule has 1 aliphatic heterocycles. The van der Waals surface area contributed by atoms with Crippen molar-refractivity contribution in [2.45, 2.75) is 64.7 Å². The summed E-state index contributed by atoms with van der Waals surface area (Å²) in [6.45, 7) is 18.0. The average molecular weight is 1020 g/mol. The SMILES string of the molecule is CC(C)(C)c1ccnc(-n2c3[c-]c(Oc4[c-]c(N5[CH-]N(c6cccc(C(C)(C)c7ccccc7)c6)c6ccccc65)ccc4)cc(C(C)(C)c4ccccc4)c3c3ccccc32)c1.[Pt]. The maximum atomic E-state index is 6.92. The van der Waals surface area contributed by atoms with Crippen LogP contribution in [0.25, 0.3) is 27.6 Å². The largest absolute Gasteiger partial charge is 0.509 e. The smallest absolute Gasteiger partial charge is 0.135 e. The Hall–Kier alpha value is -6.42. The topological polar surface area (TPSA) is 33.5 Å². The molecule has 0 N–H and O–H groups in total. The van der Waals surface area contributed by atoms with Crippen LogP contribution < -0.4 is 14.5 Å². The minimum Gasteiger partial charge on any atom is -0.509 e. The summed E-state index contributed by atoms with van der Waals surface area (Å²) in [5.41, 5.74) is 11.6. The summed E-state index contributed by atoms with van der Waals surface area (Å²) in [7, 11) is 0. The molecule has 0 saturated heterocycles. The molecule has 0 fully saturated rings. The third-order valence-corrected chi connectivity index (χ3v) is 12.9. The summed E-state index contributed by atoms with van der Waals surface area (Å²) in [5, 5.41) is 2.28. The monoisotopic (exact) mass is 1010 g/mol. The summed E-state index contributed by atoms with van der Waals surface area (Å²) in [4.78, 5) is 9.44. The van der Waals surface area contributed by atoms with E-state index in [4.69, 9.17) is 9.72 Å². The zero-order chi connectivity index (χ0) is 43.5. The van der Waals surface area contributed by atoms with E-state index in [-0.39, 0.29) is 37.3 Å². The van der Waals surface area contributed by atoms with Crippen LogP contribution in [0.2, 0.25) is 0 Å². The first-order valence-electron chi connectivity index (χ1n) is 21.8. The molecule has 1 aliphatic rings. The summed E-state index contributed by atoms with van der Waals surface area (Å²) >= 11 is 0. The number of nitrogens with zero attached hydrogens (tertiary/aromatic N) is 4. The predicted molar refractivity (Wildman–Crippen MR) is 260 cm³/mol. The number of fused-ring (bicyclic) bond motifs is 4. The van der Waals surface area contributed by atoms with Crippen molar-refractivity contribution in [3.8, 4) is 17.3 Å². The second-order valence-electron chi connectivity index (χ2n) is 18.7. The fourth-order valence-corrected chi connectivity index (χ4v) is 9.12. The minimum atomic E-state index is -0.390. The van der Waals surface area contributed by atoms with Gasteiger partial charge in [0.25, 0.3) is 0 Å². The fourth-order valence-electron chi connectivity index (χ4n) is 9.12. The third kappa shape index (κ3) is 7.60. The van der Waals surface area contributed by atoms with E-state index in [1.54, 1.807) is 0 Å². The van der Waals surface area contributed by atoms with Crippen molar-refractivity contribution in [1.29, 1.82) is 0 Å². The molecule has 0 aliphatic carbocycles. The van der Waals surface area contributed by atoms with Gasteiger partial charge in [-0.1, -0.05) is 162 Å². The fraction of sp³-hybridized carbons (Fsp3) is 0.172. The van der Waals surface area contributed by atoms with Gasteiger partial charge in [-0.05, 0) is 80.9 Å². The molecule has 0 atom stereocenters. The molecule has 0 unspecified atom stereocenters. The van der Waals surface area contributed by atoms with Crippen LogP contribution in [0.3, 0.4) is 0 Å². The number of para-hydroxylation sites is 3. The molecule has 10 rings (SSSR count). The molecule has 5 nitrogen and oxygen atoms in total. The van der Waals surface area contributed by atoms with Gasteiger partial charge in [0.2, 0.25) is 0 Å². The zero-order valence-electron chi connectivity index (χ0n) is 37.3. The first-order valence-corrected chi connectivity index (χ1v) is 21.8. The Kier molecular flexibility index (Phi) is 11.1. The van der Waals surface area contributed by atoms with Gasteiger partial charge in [0.15, 0.2) is 0 Å². The van der Waals surface area contributed by atoms with Crippen LogP contribution in [0.5, 0.6) is 11.5 Å². The summed E-state index contributed by atoms with van der Waals surface area (Å²) in [5.74, 6) is 2.05. The van der Waals surface area contributed by atoms with Gasteiger partial charge in [0.05, 0.1) is 0 Å². The Labute approximate surface area is 392 Å². The standard InChI is InChI=1S/C58H51N4O.Pt/c1-56(2,3)42-32-33-59-54(35-42)62-50-29-15-14-28-48(50)55-49(58(6,7)41-22-12-9-13-23-41)37-47(38-53(55)62)63-46-27-19-26-45(36-46)61-39-60(51-30-16-17-31-52(51)61)44-25-18-24-43(34-44)57(4,5)40-20-10-8-11-21-40;/h8-35,37,39H,1-7H3;/q-3;.